The maximum absolute atomic E-state index is 11.3. The number of rotatable bonds is 3. The first-order chi connectivity index (χ1) is 8.78. The molecule has 1 aliphatic heterocycles. The van der Waals surface area contributed by atoms with E-state index < -0.39 is 0 Å². The Morgan fingerprint density at radius 1 is 1.33 bits per heavy atom. The normalized spacial score (nSPS) is 12.6. The van der Waals surface area contributed by atoms with E-state index in [0.717, 1.165) is 22.7 Å². The van der Waals surface area contributed by atoms with Gasteiger partial charge in [0.2, 0.25) is 0 Å². The minimum absolute atomic E-state index is 0.356. The van der Waals surface area contributed by atoms with Crippen LogP contribution in [0.15, 0.2) is 47.7 Å². The number of H-pyrrole nitrogens is 1. The topological polar surface area (TPSA) is 58.0 Å². The number of ether oxygens (including phenoxy) is 1. The standard InChI is InChI=1S/C13H11N3O2/c1-18-10-4-2-3-9(7-10)11-8-14-13(17)15-12(11)16-5-6-16/h2-8H,1H3,(H,14,15,17). The summed E-state index contributed by atoms with van der Waals surface area (Å²) in [6, 6.07) is 7.63. The maximum atomic E-state index is 11.3. The van der Waals surface area contributed by atoms with Crippen LogP contribution >= 0.6 is 0 Å². The van der Waals surface area contributed by atoms with Gasteiger partial charge in [-0.15, -0.1) is 0 Å². The van der Waals surface area contributed by atoms with E-state index in [1.165, 1.54) is 0 Å². The van der Waals surface area contributed by atoms with E-state index in [9.17, 15) is 4.79 Å². The van der Waals surface area contributed by atoms with Gasteiger partial charge in [0.15, 0.2) is 0 Å². The van der Waals surface area contributed by atoms with Crippen LogP contribution < -0.4 is 15.3 Å². The lowest BCUT2D eigenvalue weighted by molar-refractivity contribution is 0.415. The third-order valence-corrected chi connectivity index (χ3v) is 2.73. The van der Waals surface area contributed by atoms with Crippen molar-refractivity contribution in [1.82, 2.24) is 9.97 Å². The average Bonchev–Trinajstić information content (AvgIpc) is 3.23. The number of benzene rings is 1. The monoisotopic (exact) mass is 241 g/mol. The number of hydrogen-bond donors (Lipinski definition) is 1. The third kappa shape index (κ3) is 1.86. The Kier molecular flexibility index (Phi) is 2.37. The summed E-state index contributed by atoms with van der Waals surface area (Å²) in [5, 5.41) is 0. The lowest BCUT2D eigenvalue weighted by Crippen LogP contribution is -2.13. The van der Waals surface area contributed by atoms with Gasteiger partial charge < -0.3 is 9.64 Å². The number of nitrogens with one attached hydrogen (secondary N) is 1. The summed E-state index contributed by atoms with van der Waals surface area (Å²) in [5.41, 5.74) is 1.45. The fraction of sp³-hybridized carbons (Fsp3) is 0.0769. The Labute approximate surface area is 103 Å². The first-order valence-corrected chi connectivity index (χ1v) is 5.48. The molecule has 0 fully saturated rings. The number of hydrogen-bond acceptors (Lipinski definition) is 4. The molecule has 0 bridgehead atoms. The summed E-state index contributed by atoms with van der Waals surface area (Å²) in [5.74, 6) is 1.49. The Morgan fingerprint density at radius 3 is 2.89 bits per heavy atom. The van der Waals surface area contributed by atoms with Gasteiger partial charge in [0, 0.05) is 24.2 Å². The summed E-state index contributed by atoms with van der Waals surface area (Å²) < 4.78 is 5.19. The van der Waals surface area contributed by atoms with E-state index in [1.807, 2.05) is 41.6 Å². The molecule has 5 heteroatoms. The van der Waals surface area contributed by atoms with Gasteiger partial charge >= 0.3 is 5.69 Å². The van der Waals surface area contributed by atoms with E-state index in [0.29, 0.717) is 0 Å². The van der Waals surface area contributed by atoms with Crippen molar-refractivity contribution in [1.29, 1.82) is 0 Å². The zero-order valence-electron chi connectivity index (χ0n) is 9.75. The lowest BCUT2D eigenvalue weighted by atomic mass is 10.1. The van der Waals surface area contributed by atoms with Crippen LogP contribution in [0.25, 0.3) is 11.1 Å². The Morgan fingerprint density at radius 2 is 2.17 bits per heavy atom. The molecule has 2 aromatic rings. The SMILES string of the molecule is COc1cccc(-c2cnc(=O)[nH]c2N2C=C2)c1. The average molecular weight is 241 g/mol. The number of aromatic nitrogens is 2. The van der Waals surface area contributed by atoms with Crippen molar-refractivity contribution in [2.45, 2.75) is 0 Å². The molecule has 2 heterocycles. The minimum atomic E-state index is -0.356. The quantitative estimate of drug-likeness (QED) is 0.889. The second kappa shape index (κ2) is 4.03. The molecule has 0 radical (unpaired) electrons. The van der Waals surface area contributed by atoms with E-state index in [1.54, 1.807) is 13.3 Å². The third-order valence-electron chi connectivity index (χ3n) is 2.73. The van der Waals surface area contributed by atoms with Gasteiger partial charge in [-0.2, -0.15) is 0 Å². The highest BCUT2D eigenvalue weighted by molar-refractivity contribution is 5.79. The van der Waals surface area contributed by atoms with Gasteiger partial charge in [0.25, 0.3) is 0 Å². The number of anilines is 1. The van der Waals surface area contributed by atoms with Crippen LogP contribution in [0.1, 0.15) is 0 Å². The fourth-order valence-electron chi connectivity index (χ4n) is 1.77. The molecule has 18 heavy (non-hydrogen) atoms. The van der Waals surface area contributed by atoms with Crippen molar-refractivity contribution < 1.29 is 4.74 Å². The van der Waals surface area contributed by atoms with E-state index in [2.05, 4.69) is 9.97 Å². The molecule has 90 valence electrons. The number of methoxy groups -OCH3 is 1. The minimum Gasteiger partial charge on any atom is -0.497 e. The summed E-state index contributed by atoms with van der Waals surface area (Å²) in [7, 11) is 1.62. The molecule has 0 saturated heterocycles. The highest BCUT2D eigenvalue weighted by Crippen LogP contribution is 2.32. The van der Waals surface area contributed by atoms with Crippen LogP contribution in [-0.2, 0) is 0 Å². The van der Waals surface area contributed by atoms with Crippen LogP contribution in [0.3, 0.4) is 0 Å². The van der Waals surface area contributed by atoms with Gasteiger partial charge in [-0.3, -0.25) is 4.98 Å². The van der Waals surface area contributed by atoms with E-state index >= 15 is 0 Å². The Balaban J connectivity index is 2.12. The smallest absolute Gasteiger partial charge is 0.346 e. The highest BCUT2D eigenvalue weighted by atomic mass is 16.5. The van der Waals surface area contributed by atoms with Crippen molar-refractivity contribution in [2.24, 2.45) is 0 Å². The zero-order chi connectivity index (χ0) is 12.5. The molecule has 0 aliphatic carbocycles. The molecule has 1 aromatic carbocycles. The van der Waals surface area contributed by atoms with E-state index in [-0.39, 0.29) is 5.69 Å². The van der Waals surface area contributed by atoms with Crippen LogP contribution in [-0.4, -0.2) is 17.1 Å². The molecule has 0 amide bonds. The molecule has 0 unspecified atom stereocenters. The molecule has 0 spiro atoms. The van der Waals surface area contributed by atoms with Gasteiger partial charge in [-0.05, 0) is 17.7 Å². The Bertz CT molecular complexity index is 670. The predicted molar refractivity (Wildman–Crippen MR) is 68.5 cm³/mol. The van der Waals surface area contributed by atoms with Crippen molar-refractivity contribution in [3.05, 3.63) is 53.3 Å². The summed E-state index contributed by atoms with van der Waals surface area (Å²) in [4.78, 5) is 19.6. The molecule has 5 nitrogen and oxygen atoms in total. The predicted octanol–water partition coefficient (Wildman–Crippen LogP) is 1.74. The van der Waals surface area contributed by atoms with Gasteiger partial charge in [0.05, 0.1) is 7.11 Å². The zero-order valence-corrected chi connectivity index (χ0v) is 9.75. The first kappa shape index (κ1) is 10.6. The second-order valence-corrected chi connectivity index (χ2v) is 3.89. The van der Waals surface area contributed by atoms with E-state index in [4.69, 9.17) is 4.74 Å². The molecule has 1 N–H and O–H groups in total. The van der Waals surface area contributed by atoms with Gasteiger partial charge in [-0.1, -0.05) is 12.1 Å². The largest absolute Gasteiger partial charge is 0.497 e. The molecule has 1 aromatic heterocycles. The number of nitrogens with zero attached hydrogens (tertiary/aromatic N) is 2. The van der Waals surface area contributed by atoms with Crippen molar-refractivity contribution in [3.8, 4) is 16.9 Å². The molecule has 0 saturated carbocycles. The van der Waals surface area contributed by atoms with Crippen LogP contribution in [0.5, 0.6) is 5.75 Å². The van der Waals surface area contributed by atoms with Crippen molar-refractivity contribution >= 4 is 5.82 Å². The van der Waals surface area contributed by atoms with Crippen LogP contribution in [0.2, 0.25) is 0 Å². The Hall–Kier alpha value is -2.56. The lowest BCUT2D eigenvalue weighted by Gasteiger charge is -2.10. The summed E-state index contributed by atoms with van der Waals surface area (Å²) >= 11 is 0. The summed E-state index contributed by atoms with van der Waals surface area (Å²) in [6.45, 7) is 0. The van der Waals surface area contributed by atoms with Gasteiger partial charge in [0.1, 0.15) is 11.6 Å². The van der Waals surface area contributed by atoms with Crippen molar-refractivity contribution in [2.75, 3.05) is 12.0 Å². The molecule has 3 rings (SSSR count). The highest BCUT2D eigenvalue weighted by Gasteiger charge is 2.16. The van der Waals surface area contributed by atoms with Crippen LogP contribution in [0, 0.1) is 0 Å². The van der Waals surface area contributed by atoms with Crippen molar-refractivity contribution in [3.63, 3.8) is 0 Å². The number of aromatic amines is 1. The van der Waals surface area contributed by atoms with Crippen LogP contribution in [0.4, 0.5) is 5.82 Å². The molecular weight excluding hydrogens is 230 g/mol. The first-order valence-electron chi connectivity index (χ1n) is 5.48. The second-order valence-electron chi connectivity index (χ2n) is 3.89. The van der Waals surface area contributed by atoms with Gasteiger partial charge in [-0.25, -0.2) is 9.78 Å². The molecular formula is C13H11N3O2. The molecule has 0 atom stereocenters. The summed E-state index contributed by atoms with van der Waals surface area (Å²) in [6.07, 6.45) is 5.31. The molecule has 1 aliphatic rings. The maximum Gasteiger partial charge on any atom is 0.346 e. The fourth-order valence-corrected chi connectivity index (χ4v) is 1.77.